The van der Waals surface area contributed by atoms with Crippen molar-refractivity contribution in [3.05, 3.63) is 24.3 Å². The van der Waals surface area contributed by atoms with Gasteiger partial charge < -0.3 is 5.32 Å². The minimum absolute atomic E-state index is 0.283. The number of benzene rings is 1. The van der Waals surface area contributed by atoms with Gasteiger partial charge in [0, 0.05) is 5.69 Å². The summed E-state index contributed by atoms with van der Waals surface area (Å²) in [5.74, 6) is -2.14. The lowest BCUT2D eigenvalue weighted by atomic mass is 10.3. The van der Waals surface area contributed by atoms with E-state index in [2.05, 4.69) is 11.6 Å². The predicted molar refractivity (Wildman–Crippen MR) is 62.2 cm³/mol. The molecule has 20 heavy (non-hydrogen) atoms. The van der Waals surface area contributed by atoms with Crippen LogP contribution in [0.1, 0.15) is 0 Å². The zero-order chi connectivity index (χ0) is 15.8. The molecule has 1 atom stereocenters. The number of nitrogens with one attached hydrogen (secondary N) is 1. The van der Waals surface area contributed by atoms with E-state index in [1.165, 1.54) is 0 Å². The third-order valence-corrected chi connectivity index (χ3v) is 3.40. The van der Waals surface area contributed by atoms with E-state index in [1.54, 1.807) is 5.32 Å². The zero-order valence-electron chi connectivity index (χ0n) is 9.41. The van der Waals surface area contributed by atoms with Crippen molar-refractivity contribution >= 4 is 33.2 Å². The lowest BCUT2D eigenvalue weighted by molar-refractivity contribution is -0.197. The standard InChI is InChI=1S/C9H7ClF4N2O3S/c10-8(11,9(12,13)14)7(17)16-5-1-3-6(4-2-5)20(15,18)19/h1-4H,(H,16,17)(H2,15,18,19)/t8-/m1/s1. The molecule has 11 heteroatoms. The normalized spacial score (nSPS) is 15.5. The van der Waals surface area contributed by atoms with Gasteiger partial charge in [-0.3, -0.25) is 4.79 Å². The van der Waals surface area contributed by atoms with Gasteiger partial charge in [0.1, 0.15) is 0 Å². The van der Waals surface area contributed by atoms with Gasteiger partial charge in [-0.15, -0.1) is 0 Å². The molecule has 0 aliphatic carbocycles. The fourth-order valence-corrected chi connectivity index (χ4v) is 1.63. The average Bonchev–Trinajstić information content (AvgIpc) is 2.26. The molecule has 0 fully saturated rings. The molecular weight excluding hydrogens is 328 g/mol. The third-order valence-electron chi connectivity index (χ3n) is 2.08. The molecule has 0 aliphatic rings. The molecule has 0 spiro atoms. The second-order valence-corrected chi connectivity index (χ2v) is 5.68. The summed E-state index contributed by atoms with van der Waals surface area (Å²) in [4.78, 5) is 10.8. The molecule has 1 amide bonds. The van der Waals surface area contributed by atoms with Crippen molar-refractivity contribution in [2.75, 3.05) is 5.32 Å². The van der Waals surface area contributed by atoms with Crippen molar-refractivity contribution in [1.82, 2.24) is 0 Å². The summed E-state index contributed by atoms with van der Waals surface area (Å²) in [5.41, 5.74) is -0.283. The Morgan fingerprint density at radius 3 is 1.95 bits per heavy atom. The summed E-state index contributed by atoms with van der Waals surface area (Å²) in [5, 5.41) is 1.76. The van der Waals surface area contributed by atoms with Crippen LogP contribution in [-0.2, 0) is 14.8 Å². The van der Waals surface area contributed by atoms with Crippen LogP contribution in [0.5, 0.6) is 0 Å². The Kier molecular flexibility index (Phi) is 4.32. The SMILES string of the molecule is NS(=O)(=O)c1ccc(NC(=O)[C@](F)(Cl)C(F)(F)F)cc1. The van der Waals surface area contributed by atoms with E-state index >= 15 is 0 Å². The first-order valence-corrected chi connectivity index (χ1v) is 6.67. The number of carbonyl (C=O) groups excluding carboxylic acids is 1. The molecular formula is C9H7ClF4N2O3S. The molecule has 1 rings (SSSR count). The molecule has 0 aromatic heterocycles. The van der Waals surface area contributed by atoms with E-state index in [0.717, 1.165) is 24.3 Å². The van der Waals surface area contributed by atoms with Crippen LogP contribution in [0, 0.1) is 0 Å². The Morgan fingerprint density at radius 2 is 1.60 bits per heavy atom. The van der Waals surface area contributed by atoms with Crippen molar-refractivity contribution in [3.63, 3.8) is 0 Å². The van der Waals surface area contributed by atoms with E-state index in [-0.39, 0.29) is 10.6 Å². The van der Waals surface area contributed by atoms with Crippen molar-refractivity contribution in [1.29, 1.82) is 0 Å². The maximum absolute atomic E-state index is 13.1. The maximum atomic E-state index is 13.1. The largest absolute Gasteiger partial charge is 0.446 e. The van der Waals surface area contributed by atoms with E-state index in [9.17, 15) is 30.8 Å². The van der Waals surface area contributed by atoms with Crippen molar-refractivity contribution in [3.8, 4) is 0 Å². The minimum atomic E-state index is -5.60. The first kappa shape index (κ1) is 16.7. The number of rotatable bonds is 3. The Hall–Kier alpha value is -1.39. The van der Waals surface area contributed by atoms with Crippen molar-refractivity contribution < 1.29 is 30.8 Å². The number of primary sulfonamides is 1. The van der Waals surface area contributed by atoms with Crippen LogP contribution < -0.4 is 10.5 Å². The van der Waals surface area contributed by atoms with Gasteiger partial charge in [0.15, 0.2) is 0 Å². The molecule has 0 radical (unpaired) electrons. The van der Waals surface area contributed by atoms with E-state index in [0.29, 0.717) is 0 Å². The van der Waals surface area contributed by atoms with Gasteiger partial charge in [-0.2, -0.15) is 13.2 Å². The molecule has 0 bridgehead atoms. The molecule has 0 saturated carbocycles. The summed E-state index contributed by atoms with van der Waals surface area (Å²) >= 11 is 4.50. The number of hydrogen-bond acceptors (Lipinski definition) is 3. The molecule has 112 valence electrons. The predicted octanol–water partition coefficient (Wildman–Crippen LogP) is 1.74. The van der Waals surface area contributed by atoms with Crippen LogP contribution in [0.2, 0.25) is 0 Å². The lowest BCUT2D eigenvalue weighted by Gasteiger charge is -2.20. The first-order valence-electron chi connectivity index (χ1n) is 4.74. The Bertz CT molecular complexity index is 613. The number of carbonyl (C=O) groups is 1. The van der Waals surface area contributed by atoms with Crippen LogP contribution >= 0.6 is 11.6 Å². The summed E-state index contributed by atoms with van der Waals surface area (Å²) in [6.07, 6.45) is -5.60. The van der Waals surface area contributed by atoms with Gasteiger partial charge in [-0.05, 0) is 24.3 Å². The first-order chi connectivity index (χ1) is 8.85. The van der Waals surface area contributed by atoms with Crippen LogP contribution in [0.3, 0.4) is 0 Å². The minimum Gasteiger partial charge on any atom is -0.322 e. The van der Waals surface area contributed by atoms with E-state index in [1.807, 2.05) is 0 Å². The molecule has 0 aliphatic heterocycles. The van der Waals surface area contributed by atoms with E-state index < -0.39 is 27.2 Å². The van der Waals surface area contributed by atoms with Crippen LogP contribution in [0.25, 0.3) is 0 Å². The summed E-state index contributed by atoms with van der Waals surface area (Å²) in [7, 11) is -3.99. The number of hydrogen-bond donors (Lipinski definition) is 2. The van der Waals surface area contributed by atoms with Gasteiger partial charge in [0.05, 0.1) is 4.90 Å². The van der Waals surface area contributed by atoms with Gasteiger partial charge in [-0.1, -0.05) is 11.6 Å². The summed E-state index contributed by atoms with van der Waals surface area (Å²) in [6, 6.07) is 3.71. The molecule has 5 nitrogen and oxygen atoms in total. The molecule has 3 N–H and O–H groups in total. The zero-order valence-corrected chi connectivity index (χ0v) is 11.0. The smallest absolute Gasteiger partial charge is 0.322 e. The molecule has 0 saturated heterocycles. The van der Waals surface area contributed by atoms with Crippen molar-refractivity contribution in [2.45, 2.75) is 16.2 Å². The highest BCUT2D eigenvalue weighted by Gasteiger charge is 2.61. The van der Waals surface area contributed by atoms with Crippen LogP contribution in [0.15, 0.2) is 29.2 Å². The highest BCUT2D eigenvalue weighted by Crippen LogP contribution is 2.38. The third kappa shape index (κ3) is 3.58. The lowest BCUT2D eigenvalue weighted by Crippen LogP contribution is -2.46. The maximum Gasteiger partial charge on any atom is 0.446 e. The Labute approximate surface area is 115 Å². The van der Waals surface area contributed by atoms with Gasteiger partial charge in [0.2, 0.25) is 10.0 Å². The molecule has 0 unspecified atom stereocenters. The number of alkyl halides is 5. The molecule has 1 aromatic carbocycles. The monoisotopic (exact) mass is 334 g/mol. The fourth-order valence-electron chi connectivity index (χ4n) is 1.07. The molecule has 0 heterocycles. The van der Waals surface area contributed by atoms with Gasteiger partial charge in [0.25, 0.3) is 5.91 Å². The number of nitrogens with two attached hydrogens (primary N) is 1. The number of halogens is 5. The quantitative estimate of drug-likeness (QED) is 0.651. The highest BCUT2D eigenvalue weighted by atomic mass is 35.5. The highest BCUT2D eigenvalue weighted by molar-refractivity contribution is 7.89. The Morgan fingerprint density at radius 1 is 1.15 bits per heavy atom. The second-order valence-electron chi connectivity index (χ2n) is 3.60. The second kappa shape index (κ2) is 5.19. The summed E-state index contributed by atoms with van der Waals surface area (Å²) in [6.45, 7) is 0. The Balaban J connectivity index is 2.93. The molecule has 1 aromatic rings. The number of amides is 1. The van der Waals surface area contributed by atoms with Crippen LogP contribution in [0.4, 0.5) is 23.2 Å². The van der Waals surface area contributed by atoms with Gasteiger partial charge in [-0.25, -0.2) is 17.9 Å². The summed E-state index contributed by atoms with van der Waals surface area (Å²) < 4.78 is 71.3. The number of anilines is 1. The fraction of sp³-hybridized carbons (Fsp3) is 0.222. The number of sulfonamides is 1. The van der Waals surface area contributed by atoms with Crippen LogP contribution in [-0.4, -0.2) is 25.6 Å². The van der Waals surface area contributed by atoms with E-state index in [4.69, 9.17) is 5.14 Å². The average molecular weight is 335 g/mol. The van der Waals surface area contributed by atoms with Gasteiger partial charge >= 0.3 is 11.3 Å². The topological polar surface area (TPSA) is 89.3 Å². The van der Waals surface area contributed by atoms with Crippen molar-refractivity contribution in [2.24, 2.45) is 5.14 Å².